The Morgan fingerprint density at radius 2 is 1.50 bits per heavy atom. The van der Waals surface area contributed by atoms with Crippen LogP contribution in [0.2, 0.25) is 0 Å². The first-order valence-electron chi connectivity index (χ1n) is 1.88. The van der Waals surface area contributed by atoms with Crippen LogP contribution >= 0.6 is 0 Å². The third-order valence-electron chi connectivity index (χ3n) is 0.525. The predicted molar refractivity (Wildman–Crippen MR) is 19.5 cm³/mol. The molecule has 0 saturated heterocycles. The van der Waals surface area contributed by atoms with Gasteiger partial charge < -0.3 is 0 Å². The fourth-order valence-electron chi connectivity index (χ4n) is 0.166. The van der Waals surface area contributed by atoms with Crippen LogP contribution in [0.25, 0.3) is 0 Å². The number of nitrogens with one attached hydrogen (secondary N) is 1. The van der Waals surface area contributed by atoms with Gasteiger partial charge in [0.15, 0.2) is 0 Å². The predicted octanol–water partition coefficient (Wildman–Crippen LogP) is 2.13. The first kappa shape index (κ1) is 9.12. The van der Waals surface area contributed by atoms with Crippen molar-refractivity contribution in [2.24, 2.45) is 0 Å². The molecule has 0 aliphatic carbocycles. The minimum absolute atomic E-state index is 0.111. The first-order chi connectivity index (χ1) is 4.39. The SMILES string of the molecule is FNC(F)=C(F)C(F)(F)F. The Hall–Kier alpha value is -0.880. The monoisotopic (exact) mass is 165 g/mol. The molecule has 0 spiro atoms. The Labute approximate surface area is 51.3 Å². The Morgan fingerprint density at radius 1 is 1.10 bits per heavy atom. The van der Waals surface area contributed by atoms with Gasteiger partial charge >= 0.3 is 6.18 Å². The summed E-state index contributed by atoms with van der Waals surface area (Å²) in [5.74, 6) is -5.79. The van der Waals surface area contributed by atoms with Gasteiger partial charge in [-0.25, -0.2) is 0 Å². The lowest BCUT2D eigenvalue weighted by Crippen LogP contribution is -2.13. The fourth-order valence-corrected chi connectivity index (χ4v) is 0.166. The highest BCUT2D eigenvalue weighted by Crippen LogP contribution is 2.28. The molecule has 0 bridgehead atoms. The number of rotatable bonds is 1. The second kappa shape index (κ2) is 2.80. The maximum atomic E-state index is 11.4. The van der Waals surface area contributed by atoms with E-state index >= 15 is 0 Å². The zero-order valence-corrected chi connectivity index (χ0v) is 4.27. The van der Waals surface area contributed by atoms with Crippen molar-refractivity contribution in [2.45, 2.75) is 6.18 Å². The molecule has 1 N–H and O–H groups in total. The van der Waals surface area contributed by atoms with Gasteiger partial charge in [0, 0.05) is 0 Å². The van der Waals surface area contributed by atoms with Crippen molar-refractivity contribution in [3.05, 3.63) is 11.8 Å². The molecule has 0 atom stereocenters. The van der Waals surface area contributed by atoms with E-state index in [0.29, 0.717) is 0 Å². The molecule has 0 rings (SSSR count). The van der Waals surface area contributed by atoms with Crippen molar-refractivity contribution in [3.63, 3.8) is 0 Å². The Balaban J connectivity index is 4.47. The lowest BCUT2D eigenvalue weighted by molar-refractivity contribution is -0.112. The van der Waals surface area contributed by atoms with Crippen LogP contribution in [-0.4, -0.2) is 6.18 Å². The van der Waals surface area contributed by atoms with Gasteiger partial charge in [0.05, 0.1) is 0 Å². The molecule has 0 aliphatic heterocycles. The Morgan fingerprint density at radius 3 is 1.60 bits per heavy atom. The molecular weight excluding hydrogens is 164 g/mol. The summed E-state index contributed by atoms with van der Waals surface area (Å²) >= 11 is 0. The Kier molecular flexibility index (Phi) is 2.56. The van der Waals surface area contributed by atoms with Crippen molar-refractivity contribution < 1.29 is 26.4 Å². The molecule has 7 heteroatoms. The third-order valence-corrected chi connectivity index (χ3v) is 0.525. The fraction of sp³-hybridized carbons (Fsp3) is 0.333. The average molecular weight is 165 g/mol. The first-order valence-corrected chi connectivity index (χ1v) is 1.88. The molecular formula is C3HF6N. The molecule has 1 nitrogen and oxygen atoms in total. The second-order valence-corrected chi connectivity index (χ2v) is 1.22. The van der Waals surface area contributed by atoms with Crippen molar-refractivity contribution in [1.82, 2.24) is 5.54 Å². The standard InChI is InChI=1S/C3HF6N/c4-1(2(5)10-9)3(6,7)8/h10H. The second-order valence-electron chi connectivity index (χ2n) is 1.22. The van der Waals surface area contributed by atoms with Crippen LogP contribution in [0.1, 0.15) is 0 Å². The maximum absolute atomic E-state index is 11.4. The minimum atomic E-state index is -5.48. The van der Waals surface area contributed by atoms with Gasteiger partial charge in [-0.05, 0) is 0 Å². The van der Waals surface area contributed by atoms with Gasteiger partial charge in [0.1, 0.15) is 0 Å². The molecule has 0 aliphatic rings. The zero-order chi connectivity index (χ0) is 8.36. The van der Waals surface area contributed by atoms with Crippen molar-refractivity contribution >= 4 is 0 Å². The van der Waals surface area contributed by atoms with E-state index in [1.54, 1.807) is 0 Å². The number of hydrogen-bond donors (Lipinski definition) is 1. The number of alkyl halides is 3. The van der Waals surface area contributed by atoms with Crippen molar-refractivity contribution in [3.8, 4) is 0 Å². The highest BCUT2D eigenvalue weighted by Gasteiger charge is 2.38. The number of halogens is 6. The van der Waals surface area contributed by atoms with Gasteiger partial charge in [-0.2, -0.15) is 27.5 Å². The quantitative estimate of drug-likeness (QED) is 0.356. The summed E-state index contributed by atoms with van der Waals surface area (Å²) in [6, 6.07) is 0. The average Bonchev–Trinajstić information content (AvgIpc) is 1.83. The summed E-state index contributed by atoms with van der Waals surface area (Å²) < 4.78 is 66.5. The summed E-state index contributed by atoms with van der Waals surface area (Å²) in [6.07, 6.45) is -5.48. The molecule has 10 heavy (non-hydrogen) atoms. The van der Waals surface area contributed by atoms with E-state index < -0.39 is 18.0 Å². The van der Waals surface area contributed by atoms with Crippen molar-refractivity contribution in [2.75, 3.05) is 0 Å². The molecule has 0 aromatic rings. The van der Waals surface area contributed by atoms with E-state index in [9.17, 15) is 26.4 Å². The summed E-state index contributed by atoms with van der Waals surface area (Å²) in [5, 5.41) is 0. The summed E-state index contributed by atoms with van der Waals surface area (Å²) in [4.78, 5) is 0. The van der Waals surface area contributed by atoms with E-state index in [-0.39, 0.29) is 5.54 Å². The lowest BCUT2D eigenvalue weighted by atomic mass is 10.5. The molecule has 0 unspecified atom stereocenters. The van der Waals surface area contributed by atoms with E-state index in [2.05, 4.69) is 0 Å². The highest BCUT2D eigenvalue weighted by molar-refractivity contribution is 5.02. The van der Waals surface area contributed by atoms with E-state index in [0.717, 1.165) is 0 Å². The van der Waals surface area contributed by atoms with Gasteiger partial charge in [-0.3, -0.25) is 0 Å². The Bertz CT molecular complexity index is 146. The maximum Gasteiger partial charge on any atom is 0.447 e. The number of allylic oxidation sites excluding steroid dienone is 1. The summed E-state index contributed by atoms with van der Waals surface area (Å²) in [6.45, 7) is 0. The van der Waals surface area contributed by atoms with Gasteiger partial charge in [-0.1, -0.05) is 0 Å². The lowest BCUT2D eigenvalue weighted by Gasteiger charge is -2.01. The normalized spacial score (nSPS) is 14.6. The van der Waals surface area contributed by atoms with Gasteiger partial charge in [0.25, 0.3) is 11.8 Å². The summed E-state index contributed by atoms with van der Waals surface area (Å²) in [7, 11) is 0. The van der Waals surface area contributed by atoms with Crippen LogP contribution in [0.3, 0.4) is 0 Å². The number of hydrogen-bond acceptors (Lipinski definition) is 1. The minimum Gasteiger partial charge on any atom is -0.197 e. The molecule has 0 aromatic carbocycles. The highest BCUT2D eigenvalue weighted by atomic mass is 19.4. The van der Waals surface area contributed by atoms with Crippen LogP contribution in [0.15, 0.2) is 11.8 Å². The van der Waals surface area contributed by atoms with Crippen molar-refractivity contribution in [1.29, 1.82) is 0 Å². The van der Waals surface area contributed by atoms with Crippen LogP contribution < -0.4 is 5.54 Å². The van der Waals surface area contributed by atoms with Gasteiger partial charge in [-0.15, -0.1) is 4.48 Å². The summed E-state index contributed by atoms with van der Waals surface area (Å²) in [5.41, 5.74) is -0.111. The van der Waals surface area contributed by atoms with Crippen LogP contribution in [0.5, 0.6) is 0 Å². The van der Waals surface area contributed by atoms with E-state index in [4.69, 9.17) is 0 Å². The van der Waals surface area contributed by atoms with Crippen LogP contribution in [0.4, 0.5) is 26.4 Å². The van der Waals surface area contributed by atoms with Crippen LogP contribution in [-0.2, 0) is 0 Å². The largest absolute Gasteiger partial charge is 0.447 e. The molecule has 0 saturated carbocycles. The third kappa shape index (κ3) is 2.16. The molecule has 0 heterocycles. The van der Waals surface area contributed by atoms with E-state index in [1.807, 2.05) is 0 Å². The smallest absolute Gasteiger partial charge is 0.197 e. The zero-order valence-electron chi connectivity index (χ0n) is 4.27. The van der Waals surface area contributed by atoms with Gasteiger partial charge in [0.2, 0.25) is 0 Å². The topological polar surface area (TPSA) is 12.0 Å². The van der Waals surface area contributed by atoms with E-state index in [1.165, 1.54) is 0 Å². The molecule has 0 amide bonds. The molecule has 0 aromatic heterocycles. The molecule has 0 fully saturated rings. The molecule has 0 radical (unpaired) electrons. The molecule has 60 valence electrons. The van der Waals surface area contributed by atoms with Crippen LogP contribution in [0, 0.1) is 0 Å².